The Morgan fingerprint density at radius 1 is 1.11 bits per heavy atom. The number of aryl methyl sites for hydroxylation is 2. The number of fused-ring (bicyclic) bond motifs is 1. The second-order valence-corrected chi connectivity index (χ2v) is 5.27. The summed E-state index contributed by atoms with van der Waals surface area (Å²) in [7, 11) is 0. The molecule has 3 nitrogen and oxygen atoms in total. The zero-order valence-corrected chi connectivity index (χ0v) is 11.7. The van der Waals surface area contributed by atoms with Crippen molar-refractivity contribution in [2.45, 2.75) is 32.6 Å². The molecule has 19 heavy (non-hydrogen) atoms. The SMILES string of the molecule is Cc1ccccc1Nc1nc(Cl)c2c(n1)CCCC2. The lowest BCUT2D eigenvalue weighted by Crippen LogP contribution is -2.10. The molecule has 1 aromatic carbocycles. The summed E-state index contributed by atoms with van der Waals surface area (Å²) in [5.41, 5.74) is 4.42. The summed E-state index contributed by atoms with van der Waals surface area (Å²) < 4.78 is 0. The first-order chi connectivity index (χ1) is 9.24. The van der Waals surface area contributed by atoms with E-state index >= 15 is 0 Å². The number of hydrogen-bond acceptors (Lipinski definition) is 3. The van der Waals surface area contributed by atoms with Gasteiger partial charge in [-0.05, 0) is 44.2 Å². The summed E-state index contributed by atoms with van der Waals surface area (Å²) in [4.78, 5) is 8.97. The van der Waals surface area contributed by atoms with Crippen LogP contribution >= 0.6 is 11.6 Å². The fourth-order valence-corrected chi connectivity index (χ4v) is 2.72. The molecule has 98 valence electrons. The van der Waals surface area contributed by atoms with Crippen LogP contribution in [0.25, 0.3) is 0 Å². The van der Waals surface area contributed by atoms with E-state index in [9.17, 15) is 0 Å². The summed E-state index contributed by atoms with van der Waals surface area (Å²) in [5, 5.41) is 3.85. The highest BCUT2D eigenvalue weighted by Gasteiger charge is 2.16. The number of benzene rings is 1. The first-order valence-electron chi connectivity index (χ1n) is 6.62. The number of nitrogens with one attached hydrogen (secondary N) is 1. The molecule has 0 aliphatic heterocycles. The van der Waals surface area contributed by atoms with Crippen LogP contribution in [0.2, 0.25) is 5.15 Å². The maximum Gasteiger partial charge on any atom is 0.228 e. The molecule has 0 amide bonds. The third-order valence-electron chi connectivity index (χ3n) is 3.52. The van der Waals surface area contributed by atoms with Crippen LogP contribution in [0.5, 0.6) is 0 Å². The molecule has 0 saturated carbocycles. The molecule has 0 atom stereocenters. The van der Waals surface area contributed by atoms with Crippen molar-refractivity contribution >= 4 is 23.2 Å². The zero-order valence-electron chi connectivity index (χ0n) is 10.9. The van der Waals surface area contributed by atoms with E-state index in [0.29, 0.717) is 11.1 Å². The third-order valence-corrected chi connectivity index (χ3v) is 3.84. The monoisotopic (exact) mass is 273 g/mol. The highest BCUT2D eigenvalue weighted by molar-refractivity contribution is 6.30. The van der Waals surface area contributed by atoms with Crippen molar-refractivity contribution in [3.05, 3.63) is 46.2 Å². The summed E-state index contributed by atoms with van der Waals surface area (Å²) in [6.45, 7) is 2.06. The molecule has 3 rings (SSSR count). The number of nitrogens with zero attached hydrogens (tertiary/aromatic N) is 2. The van der Waals surface area contributed by atoms with Crippen molar-refractivity contribution in [1.82, 2.24) is 9.97 Å². The van der Waals surface area contributed by atoms with E-state index < -0.39 is 0 Å². The van der Waals surface area contributed by atoms with E-state index in [2.05, 4.69) is 28.3 Å². The van der Waals surface area contributed by atoms with Gasteiger partial charge >= 0.3 is 0 Å². The zero-order chi connectivity index (χ0) is 13.2. The Kier molecular flexibility index (Phi) is 3.38. The van der Waals surface area contributed by atoms with Gasteiger partial charge in [-0.3, -0.25) is 0 Å². The van der Waals surface area contributed by atoms with E-state index in [1.807, 2.05) is 18.2 Å². The van der Waals surface area contributed by atoms with E-state index in [0.717, 1.165) is 29.8 Å². The van der Waals surface area contributed by atoms with Gasteiger partial charge in [0, 0.05) is 11.3 Å². The topological polar surface area (TPSA) is 37.8 Å². The van der Waals surface area contributed by atoms with Crippen LogP contribution in [0.3, 0.4) is 0 Å². The van der Waals surface area contributed by atoms with Gasteiger partial charge in [0.2, 0.25) is 5.95 Å². The molecule has 0 spiro atoms. The van der Waals surface area contributed by atoms with Gasteiger partial charge < -0.3 is 5.32 Å². The van der Waals surface area contributed by atoms with Gasteiger partial charge in [0.25, 0.3) is 0 Å². The average Bonchev–Trinajstić information content (AvgIpc) is 2.42. The first kappa shape index (κ1) is 12.4. The lowest BCUT2D eigenvalue weighted by molar-refractivity contribution is 0.664. The molecule has 0 bridgehead atoms. The van der Waals surface area contributed by atoms with Crippen LogP contribution in [-0.2, 0) is 12.8 Å². The summed E-state index contributed by atoms with van der Waals surface area (Å²) in [6, 6.07) is 8.09. The number of aromatic nitrogens is 2. The van der Waals surface area contributed by atoms with Gasteiger partial charge in [-0.25, -0.2) is 9.97 Å². The van der Waals surface area contributed by atoms with Crippen molar-refractivity contribution in [1.29, 1.82) is 0 Å². The molecule has 1 heterocycles. The van der Waals surface area contributed by atoms with Crippen molar-refractivity contribution in [3.8, 4) is 0 Å². The lowest BCUT2D eigenvalue weighted by atomic mass is 9.97. The van der Waals surface area contributed by atoms with Gasteiger partial charge in [-0.15, -0.1) is 0 Å². The summed E-state index contributed by atoms with van der Waals surface area (Å²) >= 11 is 6.26. The van der Waals surface area contributed by atoms with Crippen LogP contribution in [0.4, 0.5) is 11.6 Å². The quantitative estimate of drug-likeness (QED) is 0.839. The van der Waals surface area contributed by atoms with Crippen molar-refractivity contribution in [2.24, 2.45) is 0 Å². The molecule has 1 aliphatic carbocycles. The summed E-state index contributed by atoms with van der Waals surface area (Å²) in [6.07, 6.45) is 4.36. The number of anilines is 2. The smallest absolute Gasteiger partial charge is 0.228 e. The maximum absolute atomic E-state index is 6.26. The van der Waals surface area contributed by atoms with Crippen LogP contribution in [0, 0.1) is 6.92 Å². The van der Waals surface area contributed by atoms with Gasteiger partial charge in [0.1, 0.15) is 5.15 Å². The fraction of sp³-hybridized carbons (Fsp3) is 0.333. The van der Waals surface area contributed by atoms with E-state index in [-0.39, 0.29) is 0 Å². The van der Waals surface area contributed by atoms with Gasteiger partial charge in [-0.1, -0.05) is 29.8 Å². The molecule has 0 radical (unpaired) electrons. The Hall–Kier alpha value is -1.61. The van der Waals surface area contributed by atoms with Crippen LogP contribution in [0.1, 0.15) is 29.7 Å². The lowest BCUT2D eigenvalue weighted by Gasteiger charge is -2.17. The Morgan fingerprint density at radius 3 is 2.74 bits per heavy atom. The third kappa shape index (κ3) is 2.56. The maximum atomic E-state index is 6.26. The minimum atomic E-state index is 0.597. The molecular weight excluding hydrogens is 258 g/mol. The van der Waals surface area contributed by atoms with Gasteiger partial charge in [-0.2, -0.15) is 0 Å². The Bertz CT molecular complexity index is 610. The Morgan fingerprint density at radius 2 is 1.89 bits per heavy atom. The van der Waals surface area contributed by atoms with Gasteiger partial charge in [0.05, 0.1) is 5.69 Å². The molecule has 1 aromatic heterocycles. The molecule has 4 heteroatoms. The molecular formula is C15H16ClN3. The minimum Gasteiger partial charge on any atom is -0.324 e. The highest BCUT2D eigenvalue weighted by atomic mass is 35.5. The number of rotatable bonds is 2. The standard InChI is InChI=1S/C15H16ClN3/c1-10-6-2-4-8-12(10)17-15-18-13-9-5-3-7-11(13)14(16)19-15/h2,4,6,8H,3,5,7,9H2,1H3,(H,17,18,19). The number of hydrogen-bond donors (Lipinski definition) is 1. The van der Waals surface area contributed by atoms with E-state index in [1.54, 1.807) is 0 Å². The summed E-state index contributed by atoms with van der Waals surface area (Å²) in [5.74, 6) is 0.597. The van der Waals surface area contributed by atoms with E-state index in [4.69, 9.17) is 11.6 Å². The first-order valence-corrected chi connectivity index (χ1v) is 7.00. The van der Waals surface area contributed by atoms with Crippen molar-refractivity contribution in [2.75, 3.05) is 5.32 Å². The minimum absolute atomic E-state index is 0.597. The van der Waals surface area contributed by atoms with E-state index in [1.165, 1.54) is 18.4 Å². The number of para-hydroxylation sites is 1. The highest BCUT2D eigenvalue weighted by Crippen LogP contribution is 2.27. The van der Waals surface area contributed by atoms with Crippen LogP contribution < -0.4 is 5.32 Å². The second kappa shape index (κ2) is 5.17. The predicted octanol–water partition coefficient (Wildman–Crippen LogP) is 4.06. The normalized spacial score (nSPS) is 14.0. The molecule has 0 fully saturated rings. The second-order valence-electron chi connectivity index (χ2n) is 4.91. The predicted molar refractivity (Wildman–Crippen MR) is 78.1 cm³/mol. The molecule has 0 saturated heterocycles. The molecule has 0 unspecified atom stereocenters. The van der Waals surface area contributed by atoms with Crippen molar-refractivity contribution in [3.63, 3.8) is 0 Å². The number of halogens is 1. The molecule has 1 N–H and O–H groups in total. The Balaban J connectivity index is 1.94. The van der Waals surface area contributed by atoms with Crippen molar-refractivity contribution < 1.29 is 0 Å². The van der Waals surface area contributed by atoms with Crippen LogP contribution in [0.15, 0.2) is 24.3 Å². The molecule has 1 aliphatic rings. The fourth-order valence-electron chi connectivity index (χ4n) is 2.44. The average molecular weight is 274 g/mol. The largest absolute Gasteiger partial charge is 0.324 e. The van der Waals surface area contributed by atoms with Crippen LogP contribution in [-0.4, -0.2) is 9.97 Å². The van der Waals surface area contributed by atoms with Gasteiger partial charge in [0.15, 0.2) is 0 Å². The molecule has 2 aromatic rings. The Labute approximate surface area is 118 Å².